The van der Waals surface area contributed by atoms with Crippen LogP contribution < -0.4 is 5.32 Å². The van der Waals surface area contributed by atoms with Crippen LogP contribution in [0.3, 0.4) is 0 Å². The standard InChI is InChI=1S/C20H21NO3/c1-15(16-8-4-2-5-9-16)12-19-23-13-18(14-24-19)21-20(22)17-10-6-3-7-11-17/h2-11,18-19H,1,12-14H2,(H,21,22). The molecule has 2 aromatic rings. The van der Waals surface area contributed by atoms with Gasteiger partial charge >= 0.3 is 0 Å². The third-order valence-corrected chi connectivity index (χ3v) is 3.93. The lowest BCUT2D eigenvalue weighted by molar-refractivity contribution is -0.184. The lowest BCUT2D eigenvalue weighted by Gasteiger charge is -2.30. The minimum absolute atomic E-state index is 0.111. The van der Waals surface area contributed by atoms with Crippen LogP contribution in [0.1, 0.15) is 22.3 Å². The number of carbonyl (C=O) groups excluding carboxylic acids is 1. The van der Waals surface area contributed by atoms with Gasteiger partial charge in [0.1, 0.15) is 0 Å². The Kier molecular flexibility index (Phi) is 5.41. The summed E-state index contributed by atoms with van der Waals surface area (Å²) in [6.45, 7) is 4.97. The average Bonchev–Trinajstić information content (AvgIpc) is 2.65. The van der Waals surface area contributed by atoms with Crippen molar-refractivity contribution in [2.45, 2.75) is 18.8 Å². The summed E-state index contributed by atoms with van der Waals surface area (Å²) in [6, 6.07) is 19.0. The minimum atomic E-state index is -0.317. The first kappa shape index (κ1) is 16.4. The van der Waals surface area contributed by atoms with E-state index < -0.39 is 0 Å². The van der Waals surface area contributed by atoms with Crippen LogP contribution in [-0.2, 0) is 9.47 Å². The van der Waals surface area contributed by atoms with Gasteiger partial charge in [0.05, 0.1) is 19.3 Å². The lowest BCUT2D eigenvalue weighted by Crippen LogP contribution is -2.47. The lowest BCUT2D eigenvalue weighted by atomic mass is 10.0. The first-order valence-electron chi connectivity index (χ1n) is 8.04. The Morgan fingerprint density at radius 2 is 1.50 bits per heavy atom. The highest BCUT2D eigenvalue weighted by Gasteiger charge is 2.24. The van der Waals surface area contributed by atoms with Crippen LogP contribution in [0.15, 0.2) is 67.2 Å². The summed E-state index contributed by atoms with van der Waals surface area (Å²) in [5.74, 6) is -0.111. The summed E-state index contributed by atoms with van der Waals surface area (Å²) in [5.41, 5.74) is 2.70. The molecule has 1 N–H and O–H groups in total. The second kappa shape index (κ2) is 7.90. The molecule has 1 aliphatic heterocycles. The number of amides is 1. The molecule has 0 aliphatic carbocycles. The van der Waals surface area contributed by atoms with Gasteiger partial charge in [-0.05, 0) is 23.3 Å². The number of hydrogen-bond donors (Lipinski definition) is 1. The van der Waals surface area contributed by atoms with Gasteiger partial charge in [-0.25, -0.2) is 0 Å². The van der Waals surface area contributed by atoms with E-state index in [0.29, 0.717) is 25.2 Å². The number of benzene rings is 2. The van der Waals surface area contributed by atoms with E-state index in [-0.39, 0.29) is 18.2 Å². The van der Waals surface area contributed by atoms with Gasteiger partial charge in [-0.15, -0.1) is 0 Å². The fourth-order valence-electron chi connectivity index (χ4n) is 2.60. The quantitative estimate of drug-likeness (QED) is 0.919. The predicted molar refractivity (Wildman–Crippen MR) is 93.5 cm³/mol. The van der Waals surface area contributed by atoms with Gasteiger partial charge in [0, 0.05) is 12.0 Å². The summed E-state index contributed by atoms with van der Waals surface area (Å²) in [4.78, 5) is 12.1. The van der Waals surface area contributed by atoms with E-state index in [1.165, 1.54) is 0 Å². The van der Waals surface area contributed by atoms with Gasteiger partial charge in [0.2, 0.25) is 0 Å². The Bertz CT molecular complexity index is 615. The van der Waals surface area contributed by atoms with Crippen molar-refractivity contribution in [3.8, 4) is 0 Å². The summed E-state index contributed by atoms with van der Waals surface area (Å²) in [5, 5.41) is 2.93. The summed E-state index contributed by atoms with van der Waals surface area (Å²) < 4.78 is 11.4. The molecule has 0 saturated carbocycles. The van der Waals surface area contributed by atoms with Crippen molar-refractivity contribution in [3.05, 3.63) is 78.4 Å². The van der Waals surface area contributed by atoms with E-state index in [9.17, 15) is 4.79 Å². The molecule has 4 heteroatoms. The average molecular weight is 323 g/mol. The monoisotopic (exact) mass is 323 g/mol. The molecule has 1 saturated heterocycles. The SMILES string of the molecule is C=C(CC1OCC(NC(=O)c2ccccc2)CO1)c1ccccc1. The highest BCUT2D eigenvalue weighted by atomic mass is 16.7. The summed E-state index contributed by atoms with van der Waals surface area (Å²) in [7, 11) is 0. The Morgan fingerprint density at radius 1 is 0.958 bits per heavy atom. The second-order valence-electron chi connectivity index (χ2n) is 5.81. The number of rotatable bonds is 5. The maximum Gasteiger partial charge on any atom is 0.251 e. The number of hydrogen-bond acceptors (Lipinski definition) is 3. The molecule has 0 radical (unpaired) electrons. The van der Waals surface area contributed by atoms with Crippen molar-refractivity contribution in [1.82, 2.24) is 5.32 Å². The summed E-state index contributed by atoms with van der Waals surface area (Å²) >= 11 is 0. The van der Waals surface area contributed by atoms with E-state index in [2.05, 4.69) is 11.9 Å². The minimum Gasteiger partial charge on any atom is -0.350 e. The smallest absolute Gasteiger partial charge is 0.251 e. The van der Waals surface area contributed by atoms with Gasteiger partial charge in [-0.1, -0.05) is 55.1 Å². The predicted octanol–water partition coefficient (Wildman–Crippen LogP) is 3.26. The molecule has 1 fully saturated rings. The molecule has 1 aliphatic rings. The van der Waals surface area contributed by atoms with Crippen LogP contribution in [0, 0.1) is 0 Å². The molecule has 1 heterocycles. The molecule has 0 spiro atoms. The Morgan fingerprint density at radius 3 is 2.08 bits per heavy atom. The van der Waals surface area contributed by atoms with Crippen LogP contribution in [0.25, 0.3) is 5.57 Å². The largest absolute Gasteiger partial charge is 0.350 e. The fraction of sp³-hybridized carbons (Fsp3) is 0.250. The second-order valence-corrected chi connectivity index (χ2v) is 5.81. The molecular weight excluding hydrogens is 302 g/mol. The van der Waals surface area contributed by atoms with Crippen molar-refractivity contribution >= 4 is 11.5 Å². The highest BCUT2D eigenvalue weighted by Crippen LogP contribution is 2.21. The van der Waals surface area contributed by atoms with E-state index >= 15 is 0 Å². The van der Waals surface area contributed by atoms with Gasteiger partial charge in [-0.3, -0.25) is 4.79 Å². The van der Waals surface area contributed by atoms with Crippen LogP contribution in [0.5, 0.6) is 0 Å². The van der Waals surface area contributed by atoms with Gasteiger partial charge in [0.15, 0.2) is 6.29 Å². The fourth-order valence-corrected chi connectivity index (χ4v) is 2.60. The number of nitrogens with one attached hydrogen (secondary N) is 1. The molecule has 0 atom stereocenters. The Balaban J connectivity index is 1.46. The maximum absolute atomic E-state index is 12.1. The zero-order valence-electron chi connectivity index (χ0n) is 13.5. The zero-order chi connectivity index (χ0) is 16.8. The van der Waals surface area contributed by atoms with E-state index in [0.717, 1.165) is 11.1 Å². The highest BCUT2D eigenvalue weighted by molar-refractivity contribution is 5.94. The van der Waals surface area contributed by atoms with Crippen molar-refractivity contribution < 1.29 is 14.3 Å². The summed E-state index contributed by atoms with van der Waals surface area (Å²) in [6.07, 6.45) is 0.297. The van der Waals surface area contributed by atoms with Crippen LogP contribution in [-0.4, -0.2) is 31.5 Å². The van der Waals surface area contributed by atoms with E-state index in [4.69, 9.17) is 9.47 Å². The van der Waals surface area contributed by atoms with E-state index in [1.54, 1.807) is 12.1 Å². The van der Waals surface area contributed by atoms with Gasteiger partial charge < -0.3 is 14.8 Å². The molecule has 3 rings (SSSR count). The number of ether oxygens (including phenoxy) is 2. The normalized spacial score (nSPS) is 20.3. The molecule has 4 nitrogen and oxygen atoms in total. The Hall–Kier alpha value is -2.43. The molecule has 2 aromatic carbocycles. The van der Waals surface area contributed by atoms with Gasteiger partial charge in [-0.2, -0.15) is 0 Å². The maximum atomic E-state index is 12.1. The first-order valence-corrected chi connectivity index (χ1v) is 8.04. The van der Waals surface area contributed by atoms with Crippen LogP contribution in [0.4, 0.5) is 0 Å². The Labute approximate surface area is 142 Å². The third-order valence-electron chi connectivity index (χ3n) is 3.93. The van der Waals surface area contributed by atoms with Crippen molar-refractivity contribution in [2.24, 2.45) is 0 Å². The van der Waals surface area contributed by atoms with Crippen molar-refractivity contribution in [3.63, 3.8) is 0 Å². The third kappa shape index (κ3) is 4.31. The first-order chi connectivity index (χ1) is 11.7. The topological polar surface area (TPSA) is 47.6 Å². The number of carbonyl (C=O) groups is 1. The molecule has 24 heavy (non-hydrogen) atoms. The molecule has 0 aromatic heterocycles. The van der Waals surface area contributed by atoms with Crippen LogP contribution in [0.2, 0.25) is 0 Å². The molecule has 124 valence electrons. The van der Waals surface area contributed by atoms with Crippen LogP contribution >= 0.6 is 0 Å². The molecule has 1 amide bonds. The molecule has 0 bridgehead atoms. The van der Waals surface area contributed by atoms with Crippen molar-refractivity contribution in [1.29, 1.82) is 0 Å². The van der Waals surface area contributed by atoms with E-state index in [1.807, 2.05) is 48.5 Å². The zero-order valence-corrected chi connectivity index (χ0v) is 13.5. The molecular formula is C20H21NO3. The van der Waals surface area contributed by atoms with Gasteiger partial charge in [0.25, 0.3) is 5.91 Å². The molecule has 0 unspecified atom stereocenters. The van der Waals surface area contributed by atoms with Crippen molar-refractivity contribution in [2.75, 3.05) is 13.2 Å².